The molecule has 0 spiro atoms. The van der Waals surface area contributed by atoms with E-state index >= 15 is 0 Å². The molecule has 3 nitrogen and oxygen atoms in total. The Morgan fingerprint density at radius 3 is 3.08 bits per heavy atom. The van der Waals surface area contributed by atoms with Gasteiger partial charge in [-0.1, -0.05) is 0 Å². The SMILES string of the molecule is Cc1ccsc1C1CC1C(=O)NO. The Morgan fingerprint density at radius 1 is 1.77 bits per heavy atom. The third-order valence-electron chi connectivity index (χ3n) is 2.48. The number of carbonyl (C=O) groups excluding carboxylic acids is 1. The zero-order valence-electron chi connectivity index (χ0n) is 7.28. The number of hydrogen-bond acceptors (Lipinski definition) is 3. The quantitative estimate of drug-likeness (QED) is 0.559. The Labute approximate surface area is 80.4 Å². The Balaban J connectivity index is 2.08. The fourth-order valence-electron chi connectivity index (χ4n) is 1.62. The van der Waals surface area contributed by atoms with Gasteiger partial charge < -0.3 is 0 Å². The minimum Gasteiger partial charge on any atom is -0.289 e. The number of amides is 1. The molecule has 2 N–H and O–H groups in total. The third-order valence-corrected chi connectivity index (χ3v) is 3.63. The van der Waals surface area contributed by atoms with Crippen LogP contribution in [0.4, 0.5) is 0 Å². The Hall–Kier alpha value is -0.870. The van der Waals surface area contributed by atoms with E-state index in [9.17, 15) is 4.79 Å². The lowest BCUT2D eigenvalue weighted by molar-refractivity contribution is -0.130. The van der Waals surface area contributed by atoms with Crippen molar-refractivity contribution in [1.82, 2.24) is 5.48 Å². The van der Waals surface area contributed by atoms with Crippen molar-refractivity contribution in [3.05, 3.63) is 21.9 Å². The van der Waals surface area contributed by atoms with E-state index in [1.165, 1.54) is 10.4 Å². The molecular weight excluding hydrogens is 186 g/mol. The number of nitrogens with one attached hydrogen (secondary N) is 1. The monoisotopic (exact) mass is 197 g/mol. The van der Waals surface area contributed by atoms with E-state index in [1.807, 2.05) is 5.38 Å². The van der Waals surface area contributed by atoms with Gasteiger partial charge in [-0.3, -0.25) is 10.0 Å². The van der Waals surface area contributed by atoms with Gasteiger partial charge in [-0.05, 0) is 30.4 Å². The molecule has 1 saturated carbocycles. The number of carbonyl (C=O) groups is 1. The maximum Gasteiger partial charge on any atom is 0.247 e. The lowest BCUT2D eigenvalue weighted by Gasteiger charge is -1.97. The molecule has 1 aromatic rings. The minimum absolute atomic E-state index is 0.0117. The average Bonchev–Trinajstić information content (AvgIpc) is 2.82. The van der Waals surface area contributed by atoms with Gasteiger partial charge in [0, 0.05) is 16.7 Å². The first-order chi connectivity index (χ1) is 6.24. The fraction of sp³-hybridized carbons (Fsp3) is 0.444. The van der Waals surface area contributed by atoms with Crippen molar-refractivity contribution in [1.29, 1.82) is 0 Å². The molecule has 2 atom stereocenters. The van der Waals surface area contributed by atoms with E-state index in [1.54, 1.807) is 16.8 Å². The van der Waals surface area contributed by atoms with Gasteiger partial charge in [-0.2, -0.15) is 0 Å². The molecule has 2 unspecified atom stereocenters. The van der Waals surface area contributed by atoms with Crippen LogP contribution >= 0.6 is 11.3 Å². The molecule has 0 bridgehead atoms. The van der Waals surface area contributed by atoms with E-state index in [2.05, 4.69) is 13.0 Å². The summed E-state index contributed by atoms with van der Waals surface area (Å²) in [6.07, 6.45) is 0.869. The molecular formula is C9H11NO2S. The molecule has 0 aliphatic heterocycles. The van der Waals surface area contributed by atoms with Crippen LogP contribution in [0.1, 0.15) is 22.8 Å². The first-order valence-electron chi connectivity index (χ1n) is 4.22. The molecule has 1 amide bonds. The standard InChI is InChI=1S/C9H11NO2S/c1-5-2-3-13-8(5)6-4-7(6)9(11)10-12/h2-3,6-7,12H,4H2,1H3,(H,10,11). The van der Waals surface area contributed by atoms with Crippen LogP contribution in [0.25, 0.3) is 0 Å². The molecule has 1 aliphatic rings. The molecule has 13 heavy (non-hydrogen) atoms. The number of thiophene rings is 1. The summed E-state index contributed by atoms with van der Waals surface area (Å²) in [6, 6.07) is 2.06. The Bertz CT molecular complexity index is 334. The third kappa shape index (κ3) is 1.47. The Morgan fingerprint density at radius 2 is 2.54 bits per heavy atom. The van der Waals surface area contributed by atoms with Crippen molar-refractivity contribution in [2.75, 3.05) is 0 Å². The summed E-state index contributed by atoms with van der Waals surface area (Å²) in [4.78, 5) is 12.3. The van der Waals surface area contributed by atoms with Crippen molar-refractivity contribution in [2.45, 2.75) is 19.3 Å². The maximum absolute atomic E-state index is 11.0. The van der Waals surface area contributed by atoms with Crippen molar-refractivity contribution in [3.63, 3.8) is 0 Å². The fourth-order valence-corrected chi connectivity index (χ4v) is 2.73. The summed E-state index contributed by atoms with van der Waals surface area (Å²) in [5.41, 5.74) is 2.96. The molecule has 70 valence electrons. The number of rotatable bonds is 2. The van der Waals surface area contributed by atoms with E-state index in [-0.39, 0.29) is 11.8 Å². The lowest BCUT2D eigenvalue weighted by atomic mass is 10.2. The van der Waals surface area contributed by atoms with Crippen molar-refractivity contribution in [3.8, 4) is 0 Å². The topological polar surface area (TPSA) is 49.3 Å². The molecule has 2 rings (SSSR count). The van der Waals surface area contributed by atoms with Crippen molar-refractivity contribution < 1.29 is 10.0 Å². The van der Waals surface area contributed by atoms with E-state index in [4.69, 9.17) is 5.21 Å². The summed E-state index contributed by atoms with van der Waals surface area (Å²) in [5.74, 6) is 0.0762. The maximum atomic E-state index is 11.0. The minimum atomic E-state index is -0.252. The predicted octanol–water partition coefficient (Wildman–Crippen LogP) is 1.67. The molecule has 1 aliphatic carbocycles. The van der Waals surface area contributed by atoms with Crippen LogP contribution in [0, 0.1) is 12.8 Å². The molecule has 4 heteroatoms. The average molecular weight is 197 g/mol. The van der Waals surface area contributed by atoms with Crippen LogP contribution in [0.3, 0.4) is 0 Å². The van der Waals surface area contributed by atoms with Crippen LogP contribution in [0.5, 0.6) is 0 Å². The van der Waals surface area contributed by atoms with Crippen LogP contribution in [0.2, 0.25) is 0 Å². The van der Waals surface area contributed by atoms with Gasteiger partial charge in [-0.15, -0.1) is 11.3 Å². The molecule has 1 heterocycles. The zero-order valence-corrected chi connectivity index (χ0v) is 8.10. The van der Waals surface area contributed by atoms with E-state index in [0.717, 1.165) is 6.42 Å². The first kappa shape index (κ1) is 8.72. The normalized spacial score (nSPS) is 25.7. The van der Waals surface area contributed by atoms with Crippen LogP contribution in [0.15, 0.2) is 11.4 Å². The Kier molecular flexibility index (Phi) is 2.09. The highest BCUT2D eigenvalue weighted by atomic mass is 32.1. The molecule has 1 fully saturated rings. The van der Waals surface area contributed by atoms with E-state index in [0.29, 0.717) is 5.92 Å². The second-order valence-corrected chi connectivity index (χ2v) is 4.34. The van der Waals surface area contributed by atoms with Crippen molar-refractivity contribution >= 4 is 17.2 Å². The summed E-state index contributed by atoms with van der Waals surface area (Å²) in [6.45, 7) is 2.05. The number of hydroxylamine groups is 1. The van der Waals surface area contributed by atoms with Crippen LogP contribution < -0.4 is 5.48 Å². The van der Waals surface area contributed by atoms with E-state index < -0.39 is 0 Å². The second kappa shape index (κ2) is 3.12. The van der Waals surface area contributed by atoms with Crippen LogP contribution in [-0.4, -0.2) is 11.1 Å². The zero-order chi connectivity index (χ0) is 9.42. The van der Waals surface area contributed by atoms with Gasteiger partial charge in [0.15, 0.2) is 0 Å². The first-order valence-corrected chi connectivity index (χ1v) is 5.10. The van der Waals surface area contributed by atoms with Gasteiger partial charge in [-0.25, -0.2) is 5.48 Å². The molecule has 0 saturated heterocycles. The number of aryl methyl sites for hydroxylation is 1. The van der Waals surface area contributed by atoms with Crippen LogP contribution in [-0.2, 0) is 4.79 Å². The predicted molar refractivity (Wildman–Crippen MR) is 49.8 cm³/mol. The summed E-state index contributed by atoms with van der Waals surface area (Å²) >= 11 is 1.69. The van der Waals surface area contributed by atoms with Gasteiger partial charge in [0.1, 0.15) is 0 Å². The molecule has 1 aromatic heterocycles. The summed E-state index contributed by atoms with van der Waals surface area (Å²) < 4.78 is 0. The smallest absolute Gasteiger partial charge is 0.247 e. The number of hydrogen-bond donors (Lipinski definition) is 2. The van der Waals surface area contributed by atoms with Gasteiger partial charge in [0.2, 0.25) is 5.91 Å². The van der Waals surface area contributed by atoms with Crippen molar-refractivity contribution in [2.24, 2.45) is 5.92 Å². The molecule has 0 aromatic carbocycles. The largest absolute Gasteiger partial charge is 0.289 e. The highest BCUT2D eigenvalue weighted by Gasteiger charge is 2.45. The van der Waals surface area contributed by atoms with Gasteiger partial charge in [0.05, 0.1) is 0 Å². The van der Waals surface area contributed by atoms with Gasteiger partial charge >= 0.3 is 0 Å². The highest BCUT2D eigenvalue weighted by molar-refractivity contribution is 7.10. The summed E-state index contributed by atoms with van der Waals surface area (Å²) in [7, 11) is 0. The highest BCUT2D eigenvalue weighted by Crippen LogP contribution is 2.50. The molecule has 0 radical (unpaired) electrons. The second-order valence-electron chi connectivity index (χ2n) is 3.39. The summed E-state index contributed by atoms with van der Waals surface area (Å²) in [5, 5.41) is 10.5. The lowest BCUT2D eigenvalue weighted by Crippen LogP contribution is -2.20. The van der Waals surface area contributed by atoms with Gasteiger partial charge in [0.25, 0.3) is 0 Å².